The molecule has 2 aromatic rings. The van der Waals surface area contributed by atoms with E-state index in [4.69, 9.17) is 5.73 Å². The fourth-order valence-corrected chi connectivity index (χ4v) is 1.47. The van der Waals surface area contributed by atoms with Crippen molar-refractivity contribution >= 4 is 21.6 Å². The number of hydrogen-bond donors (Lipinski definition) is 1. The number of halogens is 1. The van der Waals surface area contributed by atoms with Crippen LogP contribution < -0.4 is 5.73 Å². The molecular weight excluding hydrogens is 232 g/mol. The summed E-state index contributed by atoms with van der Waals surface area (Å²) < 4.78 is 2.59. The van der Waals surface area contributed by atoms with E-state index in [1.807, 2.05) is 18.2 Å². The Kier molecular flexibility index (Phi) is 2.02. The van der Waals surface area contributed by atoms with Crippen LogP contribution in [0.25, 0.3) is 5.69 Å². The molecule has 1 aromatic carbocycles. The summed E-state index contributed by atoms with van der Waals surface area (Å²) in [5.74, 6) is 0. The number of rotatable bonds is 1. The summed E-state index contributed by atoms with van der Waals surface area (Å²) in [6, 6.07) is 5.54. The smallest absolute Gasteiger partial charge is 0.0825 e. The third-order valence-electron chi connectivity index (χ3n) is 1.64. The number of nitrogens with zero attached hydrogens (tertiary/aromatic N) is 3. The van der Waals surface area contributed by atoms with E-state index in [1.165, 1.54) is 0 Å². The molecule has 1 heterocycles. The molecule has 66 valence electrons. The maximum absolute atomic E-state index is 5.65. The van der Waals surface area contributed by atoms with E-state index in [0.717, 1.165) is 10.2 Å². The highest BCUT2D eigenvalue weighted by atomic mass is 79.9. The van der Waals surface area contributed by atoms with Gasteiger partial charge in [0, 0.05) is 10.2 Å². The summed E-state index contributed by atoms with van der Waals surface area (Å²) >= 11 is 3.41. The minimum Gasteiger partial charge on any atom is -0.399 e. The minimum absolute atomic E-state index is 0.703. The van der Waals surface area contributed by atoms with Gasteiger partial charge in [-0.1, -0.05) is 5.21 Å². The molecule has 0 aliphatic carbocycles. The number of aromatic nitrogens is 3. The zero-order valence-electron chi connectivity index (χ0n) is 6.68. The largest absolute Gasteiger partial charge is 0.399 e. The van der Waals surface area contributed by atoms with Gasteiger partial charge in [-0.2, -0.15) is 0 Å². The Bertz CT molecular complexity index is 410. The Labute approximate surface area is 83.5 Å². The third kappa shape index (κ3) is 1.55. The van der Waals surface area contributed by atoms with Crippen molar-refractivity contribution in [3.05, 3.63) is 35.1 Å². The standard InChI is InChI=1S/C8H7BrN4/c9-7-2-1-6(10)5-8(7)13-4-3-11-12-13/h1-5H,10H2. The van der Waals surface area contributed by atoms with E-state index >= 15 is 0 Å². The number of nitrogens with two attached hydrogens (primary N) is 1. The van der Waals surface area contributed by atoms with Crippen molar-refractivity contribution in [1.29, 1.82) is 0 Å². The van der Waals surface area contributed by atoms with Crippen molar-refractivity contribution in [3.8, 4) is 5.69 Å². The van der Waals surface area contributed by atoms with Gasteiger partial charge in [-0.3, -0.25) is 0 Å². The molecule has 5 heteroatoms. The molecule has 13 heavy (non-hydrogen) atoms. The molecule has 0 spiro atoms. The van der Waals surface area contributed by atoms with Crippen molar-refractivity contribution in [2.45, 2.75) is 0 Å². The maximum Gasteiger partial charge on any atom is 0.0825 e. The lowest BCUT2D eigenvalue weighted by molar-refractivity contribution is 0.801. The summed E-state index contributed by atoms with van der Waals surface area (Å²) in [6.07, 6.45) is 3.38. The normalized spacial score (nSPS) is 10.2. The summed E-state index contributed by atoms with van der Waals surface area (Å²) in [6.45, 7) is 0. The lowest BCUT2D eigenvalue weighted by Gasteiger charge is -2.03. The van der Waals surface area contributed by atoms with Gasteiger partial charge in [-0.05, 0) is 34.1 Å². The summed E-state index contributed by atoms with van der Waals surface area (Å²) in [5, 5.41) is 7.59. The van der Waals surface area contributed by atoms with Crippen molar-refractivity contribution < 1.29 is 0 Å². The highest BCUT2D eigenvalue weighted by Gasteiger charge is 2.02. The monoisotopic (exact) mass is 238 g/mol. The molecule has 2 N–H and O–H groups in total. The Hall–Kier alpha value is -1.36. The van der Waals surface area contributed by atoms with Crippen molar-refractivity contribution in [3.63, 3.8) is 0 Å². The van der Waals surface area contributed by atoms with Gasteiger partial charge in [0.1, 0.15) is 0 Å². The lowest BCUT2D eigenvalue weighted by atomic mass is 10.3. The van der Waals surface area contributed by atoms with Gasteiger partial charge in [0.25, 0.3) is 0 Å². The van der Waals surface area contributed by atoms with E-state index < -0.39 is 0 Å². The van der Waals surface area contributed by atoms with Crippen LogP contribution in [0, 0.1) is 0 Å². The van der Waals surface area contributed by atoms with Crippen molar-refractivity contribution in [2.24, 2.45) is 0 Å². The first-order valence-corrected chi connectivity index (χ1v) is 4.48. The molecule has 4 nitrogen and oxygen atoms in total. The van der Waals surface area contributed by atoms with Crippen LogP contribution >= 0.6 is 15.9 Å². The van der Waals surface area contributed by atoms with Gasteiger partial charge in [-0.15, -0.1) is 5.10 Å². The van der Waals surface area contributed by atoms with Crippen LogP contribution in [0.1, 0.15) is 0 Å². The van der Waals surface area contributed by atoms with Crippen LogP contribution in [-0.2, 0) is 0 Å². The molecule has 0 atom stereocenters. The second-order valence-corrected chi connectivity index (χ2v) is 3.41. The van der Waals surface area contributed by atoms with E-state index in [9.17, 15) is 0 Å². The predicted molar refractivity (Wildman–Crippen MR) is 53.5 cm³/mol. The fourth-order valence-electron chi connectivity index (χ4n) is 1.04. The Morgan fingerprint density at radius 1 is 1.38 bits per heavy atom. The topological polar surface area (TPSA) is 56.7 Å². The van der Waals surface area contributed by atoms with Crippen molar-refractivity contribution in [1.82, 2.24) is 15.0 Å². The van der Waals surface area contributed by atoms with Crippen LogP contribution in [0.4, 0.5) is 5.69 Å². The number of hydrogen-bond acceptors (Lipinski definition) is 3. The second kappa shape index (κ2) is 3.18. The highest BCUT2D eigenvalue weighted by molar-refractivity contribution is 9.10. The van der Waals surface area contributed by atoms with Crippen LogP contribution in [0.2, 0.25) is 0 Å². The van der Waals surface area contributed by atoms with E-state index in [0.29, 0.717) is 5.69 Å². The first-order valence-electron chi connectivity index (χ1n) is 3.69. The Morgan fingerprint density at radius 3 is 2.92 bits per heavy atom. The van der Waals surface area contributed by atoms with E-state index in [-0.39, 0.29) is 0 Å². The van der Waals surface area contributed by atoms with Gasteiger partial charge in [0.05, 0.1) is 18.1 Å². The quantitative estimate of drug-likeness (QED) is 0.769. The molecule has 2 rings (SSSR count). The predicted octanol–water partition coefficient (Wildman–Crippen LogP) is 1.61. The van der Waals surface area contributed by atoms with Gasteiger partial charge in [-0.25, -0.2) is 4.68 Å². The summed E-state index contributed by atoms with van der Waals surface area (Å²) in [7, 11) is 0. The minimum atomic E-state index is 0.703. The van der Waals surface area contributed by atoms with Crippen LogP contribution in [0.15, 0.2) is 35.1 Å². The van der Waals surface area contributed by atoms with Crippen LogP contribution in [-0.4, -0.2) is 15.0 Å². The fraction of sp³-hybridized carbons (Fsp3) is 0. The molecule has 0 aliphatic rings. The van der Waals surface area contributed by atoms with E-state index in [1.54, 1.807) is 17.1 Å². The number of nitrogen functional groups attached to an aromatic ring is 1. The molecular formula is C8H7BrN4. The van der Waals surface area contributed by atoms with Crippen molar-refractivity contribution in [2.75, 3.05) is 5.73 Å². The van der Waals surface area contributed by atoms with Gasteiger partial charge in [0.2, 0.25) is 0 Å². The molecule has 0 radical (unpaired) electrons. The zero-order chi connectivity index (χ0) is 9.26. The van der Waals surface area contributed by atoms with Crippen LogP contribution in [0.3, 0.4) is 0 Å². The first kappa shape index (κ1) is 8.25. The SMILES string of the molecule is Nc1ccc(Br)c(-n2ccnn2)c1. The average molecular weight is 239 g/mol. The molecule has 0 amide bonds. The summed E-state index contributed by atoms with van der Waals surface area (Å²) in [5.41, 5.74) is 7.24. The van der Waals surface area contributed by atoms with Crippen LogP contribution in [0.5, 0.6) is 0 Å². The Balaban J connectivity index is 2.57. The molecule has 1 aromatic heterocycles. The first-order chi connectivity index (χ1) is 6.27. The second-order valence-electron chi connectivity index (χ2n) is 2.56. The van der Waals surface area contributed by atoms with E-state index in [2.05, 4.69) is 26.2 Å². The van der Waals surface area contributed by atoms with Gasteiger partial charge < -0.3 is 5.73 Å². The molecule has 0 fully saturated rings. The maximum atomic E-state index is 5.65. The van der Waals surface area contributed by atoms with Gasteiger partial charge in [0.15, 0.2) is 0 Å². The highest BCUT2D eigenvalue weighted by Crippen LogP contribution is 2.22. The average Bonchev–Trinajstić information content (AvgIpc) is 2.61. The number of benzene rings is 1. The molecule has 0 aliphatic heterocycles. The molecule has 0 bridgehead atoms. The molecule has 0 saturated heterocycles. The number of anilines is 1. The third-order valence-corrected chi connectivity index (χ3v) is 2.31. The lowest BCUT2D eigenvalue weighted by Crippen LogP contribution is -1.97. The zero-order valence-corrected chi connectivity index (χ0v) is 8.27. The molecule has 0 saturated carbocycles. The summed E-state index contributed by atoms with van der Waals surface area (Å²) in [4.78, 5) is 0. The van der Waals surface area contributed by atoms with Gasteiger partial charge >= 0.3 is 0 Å². The molecule has 0 unspecified atom stereocenters. The Morgan fingerprint density at radius 2 is 2.23 bits per heavy atom.